The van der Waals surface area contributed by atoms with Crippen molar-refractivity contribution in [1.82, 2.24) is 10.2 Å². The summed E-state index contributed by atoms with van der Waals surface area (Å²) >= 11 is 0. The van der Waals surface area contributed by atoms with Crippen LogP contribution in [0.15, 0.2) is 42.5 Å². The molecule has 36 heavy (non-hydrogen) atoms. The molecule has 9 heteroatoms. The molecule has 0 bridgehead atoms. The van der Waals surface area contributed by atoms with Gasteiger partial charge < -0.3 is 30.3 Å². The normalized spacial score (nSPS) is 16.9. The van der Waals surface area contributed by atoms with Crippen LogP contribution >= 0.6 is 0 Å². The van der Waals surface area contributed by atoms with Crippen LogP contribution in [-0.2, 0) is 4.74 Å². The molecular formula is C27H37N5O4. The predicted octanol–water partition coefficient (Wildman–Crippen LogP) is 3.64. The number of hydrogen-bond donors (Lipinski definition) is 3. The molecule has 9 nitrogen and oxygen atoms in total. The van der Waals surface area contributed by atoms with Crippen LogP contribution in [0.4, 0.5) is 21.9 Å². The second-order valence-electron chi connectivity index (χ2n) is 9.42. The van der Waals surface area contributed by atoms with Crippen LogP contribution in [0.3, 0.4) is 0 Å². The summed E-state index contributed by atoms with van der Waals surface area (Å²) in [6, 6.07) is 12.3. The number of morpholine rings is 1. The fraction of sp³-hybridized carbons (Fsp3) is 0.481. The summed E-state index contributed by atoms with van der Waals surface area (Å²) in [4.78, 5) is 30.5. The molecule has 0 aliphatic carbocycles. The van der Waals surface area contributed by atoms with Crippen molar-refractivity contribution in [2.24, 2.45) is 5.92 Å². The van der Waals surface area contributed by atoms with Gasteiger partial charge in [-0.05, 0) is 49.1 Å². The van der Waals surface area contributed by atoms with Crippen LogP contribution in [0, 0.1) is 5.92 Å². The van der Waals surface area contributed by atoms with E-state index in [1.807, 2.05) is 24.3 Å². The van der Waals surface area contributed by atoms with Gasteiger partial charge in [-0.1, -0.05) is 13.0 Å². The Morgan fingerprint density at radius 1 is 1.00 bits per heavy atom. The smallest absolute Gasteiger partial charge is 0.323 e. The molecule has 0 atom stereocenters. The minimum atomic E-state index is -0.388. The Hall–Kier alpha value is -3.30. The molecule has 2 fully saturated rings. The highest BCUT2D eigenvalue weighted by atomic mass is 16.5. The lowest BCUT2D eigenvalue weighted by Gasteiger charge is -2.33. The minimum Gasteiger partial charge on any atom is -0.497 e. The van der Waals surface area contributed by atoms with Crippen molar-refractivity contribution in [2.45, 2.75) is 19.8 Å². The molecule has 0 saturated carbocycles. The first-order valence-electron chi connectivity index (χ1n) is 12.7. The molecule has 2 aromatic rings. The van der Waals surface area contributed by atoms with E-state index in [4.69, 9.17) is 9.47 Å². The SMILES string of the molecule is COc1cccc(NC(=O)Nc2ccc(N3CCC(C)CC3)c(C(=O)NCCN3CCOCC3)c2)c1. The van der Waals surface area contributed by atoms with Crippen molar-refractivity contribution in [3.8, 4) is 5.75 Å². The number of piperidine rings is 1. The monoisotopic (exact) mass is 495 g/mol. The predicted molar refractivity (Wildman–Crippen MR) is 142 cm³/mol. The van der Waals surface area contributed by atoms with Crippen LogP contribution in [0.5, 0.6) is 5.75 Å². The summed E-state index contributed by atoms with van der Waals surface area (Å²) in [7, 11) is 1.58. The highest BCUT2D eigenvalue weighted by Crippen LogP contribution is 2.29. The summed E-state index contributed by atoms with van der Waals surface area (Å²) < 4.78 is 10.6. The third kappa shape index (κ3) is 7.11. The Labute approximate surface area is 213 Å². The lowest BCUT2D eigenvalue weighted by Crippen LogP contribution is -2.41. The van der Waals surface area contributed by atoms with Crippen molar-refractivity contribution >= 4 is 29.0 Å². The number of urea groups is 1. The Morgan fingerprint density at radius 3 is 2.44 bits per heavy atom. The van der Waals surface area contributed by atoms with E-state index in [0.29, 0.717) is 35.2 Å². The molecule has 2 aliphatic rings. The maximum atomic E-state index is 13.3. The molecule has 0 aromatic heterocycles. The highest BCUT2D eigenvalue weighted by Gasteiger charge is 2.22. The van der Waals surface area contributed by atoms with E-state index in [0.717, 1.165) is 64.5 Å². The highest BCUT2D eigenvalue weighted by molar-refractivity contribution is 6.04. The molecule has 0 unspecified atom stereocenters. The molecule has 0 radical (unpaired) electrons. The maximum Gasteiger partial charge on any atom is 0.323 e. The quantitative estimate of drug-likeness (QED) is 0.518. The Balaban J connectivity index is 1.45. The fourth-order valence-corrected chi connectivity index (χ4v) is 4.56. The number of rotatable bonds is 8. The Bertz CT molecular complexity index is 1030. The first-order valence-corrected chi connectivity index (χ1v) is 12.7. The van der Waals surface area contributed by atoms with Gasteiger partial charge in [0.25, 0.3) is 5.91 Å². The molecule has 0 spiro atoms. The van der Waals surface area contributed by atoms with E-state index in [1.54, 1.807) is 25.3 Å². The molecule has 2 heterocycles. The molecular weight excluding hydrogens is 458 g/mol. The molecule has 2 aliphatic heterocycles. The van der Waals surface area contributed by atoms with Gasteiger partial charge in [-0.2, -0.15) is 0 Å². The average Bonchev–Trinajstić information content (AvgIpc) is 2.90. The molecule has 3 N–H and O–H groups in total. The zero-order valence-electron chi connectivity index (χ0n) is 21.2. The average molecular weight is 496 g/mol. The Kier molecular flexibility index (Phi) is 9.02. The number of carbonyl (C=O) groups is 2. The largest absolute Gasteiger partial charge is 0.497 e. The second kappa shape index (κ2) is 12.6. The van der Waals surface area contributed by atoms with E-state index in [-0.39, 0.29) is 11.9 Å². The zero-order valence-corrected chi connectivity index (χ0v) is 21.2. The minimum absolute atomic E-state index is 0.131. The van der Waals surface area contributed by atoms with Crippen LogP contribution in [0.1, 0.15) is 30.1 Å². The number of benzene rings is 2. The van der Waals surface area contributed by atoms with Crippen LogP contribution in [0.25, 0.3) is 0 Å². The molecule has 2 aromatic carbocycles. The third-order valence-corrected chi connectivity index (χ3v) is 6.77. The van der Waals surface area contributed by atoms with Gasteiger partial charge >= 0.3 is 6.03 Å². The van der Waals surface area contributed by atoms with E-state index in [9.17, 15) is 9.59 Å². The Morgan fingerprint density at radius 2 is 1.72 bits per heavy atom. The van der Waals surface area contributed by atoms with Gasteiger partial charge in [0.15, 0.2) is 0 Å². The van der Waals surface area contributed by atoms with Gasteiger partial charge in [-0.3, -0.25) is 9.69 Å². The number of carbonyl (C=O) groups excluding carboxylic acids is 2. The van der Waals surface area contributed by atoms with E-state index in [2.05, 4.69) is 32.7 Å². The third-order valence-electron chi connectivity index (χ3n) is 6.77. The molecule has 4 rings (SSSR count). The van der Waals surface area contributed by atoms with Crippen LogP contribution in [-0.4, -0.2) is 76.4 Å². The zero-order chi connectivity index (χ0) is 25.3. The first-order chi connectivity index (χ1) is 17.5. The topological polar surface area (TPSA) is 95.2 Å². The van der Waals surface area contributed by atoms with Crippen molar-refractivity contribution in [1.29, 1.82) is 0 Å². The van der Waals surface area contributed by atoms with Crippen molar-refractivity contribution < 1.29 is 19.1 Å². The van der Waals surface area contributed by atoms with Gasteiger partial charge in [0.1, 0.15) is 5.75 Å². The maximum absolute atomic E-state index is 13.3. The number of hydrogen-bond acceptors (Lipinski definition) is 6. The number of nitrogens with zero attached hydrogens (tertiary/aromatic N) is 2. The number of ether oxygens (including phenoxy) is 2. The van der Waals surface area contributed by atoms with Gasteiger partial charge in [-0.15, -0.1) is 0 Å². The van der Waals surface area contributed by atoms with Gasteiger partial charge in [0.2, 0.25) is 0 Å². The van der Waals surface area contributed by atoms with Gasteiger partial charge in [-0.25, -0.2) is 4.79 Å². The second-order valence-corrected chi connectivity index (χ2v) is 9.42. The first kappa shape index (κ1) is 25.8. The van der Waals surface area contributed by atoms with E-state index in [1.165, 1.54) is 0 Å². The summed E-state index contributed by atoms with van der Waals surface area (Å²) in [5.74, 6) is 1.21. The number of amides is 3. The summed E-state index contributed by atoms with van der Waals surface area (Å²) in [6.45, 7) is 8.68. The van der Waals surface area contributed by atoms with Crippen molar-refractivity contribution in [3.63, 3.8) is 0 Å². The van der Waals surface area contributed by atoms with E-state index < -0.39 is 0 Å². The van der Waals surface area contributed by atoms with Crippen LogP contribution < -0.4 is 25.6 Å². The standard InChI is InChI=1S/C27H37N5O4/c1-20-8-11-32(12-9-20)25-7-6-22(30-27(34)29-21-4-3-5-23(18-21)35-2)19-24(25)26(33)28-10-13-31-14-16-36-17-15-31/h3-7,18-20H,8-17H2,1-2H3,(H,28,33)(H2,29,30,34). The lowest BCUT2D eigenvalue weighted by atomic mass is 9.98. The van der Waals surface area contributed by atoms with Gasteiger partial charge in [0.05, 0.1) is 25.9 Å². The molecule has 3 amide bonds. The van der Waals surface area contributed by atoms with Crippen LogP contribution in [0.2, 0.25) is 0 Å². The number of anilines is 3. The van der Waals surface area contributed by atoms with Crippen molar-refractivity contribution in [2.75, 3.05) is 75.1 Å². The fourth-order valence-electron chi connectivity index (χ4n) is 4.56. The van der Waals surface area contributed by atoms with Crippen molar-refractivity contribution in [3.05, 3.63) is 48.0 Å². The summed E-state index contributed by atoms with van der Waals surface area (Å²) in [5.41, 5.74) is 2.66. The summed E-state index contributed by atoms with van der Waals surface area (Å²) in [6.07, 6.45) is 2.20. The lowest BCUT2D eigenvalue weighted by molar-refractivity contribution is 0.0383. The molecule has 2 saturated heterocycles. The number of nitrogens with one attached hydrogen (secondary N) is 3. The summed E-state index contributed by atoms with van der Waals surface area (Å²) in [5, 5.41) is 8.74. The van der Waals surface area contributed by atoms with E-state index >= 15 is 0 Å². The van der Waals surface area contributed by atoms with Gasteiger partial charge in [0, 0.05) is 62.4 Å². The number of methoxy groups -OCH3 is 1. The molecule has 194 valence electrons.